The molecule has 1 N–H and O–H groups in total. The van der Waals surface area contributed by atoms with Crippen LogP contribution in [0, 0.1) is 11.7 Å². The Balaban J connectivity index is 1.95. The summed E-state index contributed by atoms with van der Waals surface area (Å²) in [4.78, 5) is 0. The summed E-state index contributed by atoms with van der Waals surface area (Å²) in [5.41, 5.74) is 1.15. The summed E-state index contributed by atoms with van der Waals surface area (Å²) in [6.07, 6.45) is 3.85. The molecular formula is C16H23BrFNO. The summed E-state index contributed by atoms with van der Waals surface area (Å²) in [5, 5.41) is 3.51. The maximum atomic E-state index is 13.3. The molecule has 0 saturated heterocycles. The first-order chi connectivity index (χ1) is 9.63. The summed E-state index contributed by atoms with van der Waals surface area (Å²) < 4.78 is 19.5. The van der Waals surface area contributed by atoms with Crippen molar-refractivity contribution in [2.75, 3.05) is 13.2 Å². The van der Waals surface area contributed by atoms with Gasteiger partial charge in [0, 0.05) is 12.6 Å². The summed E-state index contributed by atoms with van der Waals surface area (Å²) in [6.45, 7) is 5.88. The fraction of sp³-hybridized carbons (Fsp3) is 0.625. The van der Waals surface area contributed by atoms with Crippen LogP contribution in [0.4, 0.5) is 4.39 Å². The second-order valence-electron chi connectivity index (χ2n) is 5.43. The molecule has 1 aliphatic rings. The van der Waals surface area contributed by atoms with Crippen molar-refractivity contribution in [3.8, 4) is 0 Å². The zero-order valence-corrected chi connectivity index (χ0v) is 13.7. The monoisotopic (exact) mass is 343 g/mol. The molecule has 1 aromatic carbocycles. The fourth-order valence-electron chi connectivity index (χ4n) is 2.88. The molecule has 0 bridgehead atoms. The van der Waals surface area contributed by atoms with Crippen LogP contribution in [0.3, 0.4) is 0 Å². The van der Waals surface area contributed by atoms with E-state index in [1.807, 2.05) is 19.1 Å². The standard InChI is InChI=1S/C16H23BrFNO/c1-3-19-16(9-11-7-13(8-11)20-4-2)12-5-6-15(18)14(17)10-12/h5-6,10-11,13,16,19H,3-4,7-9H2,1-2H3. The molecule has 1 saturated carbocycles. The average Bonchev–Trinajstić information content (AvgIpc) is 2.38. The lowest BCUT2D eigenvalue weighted by Crippen LogP contribution is -2.34. The van der Waals surface area contributed by atoms with E-state index in [1.165, 1.54) is 6.07 Å². The van der Waals surface area contributed by atoms with E-state index in [1.54, 1.807) is 0 Å². The van der Waals surface area contributed by atoms with Gasteiger partial charge in [0.2, 0.25) is 0 Å². The molecule has 112 valence electrons. The second-order valence-corrected chi connectivity index (χ2v) is 6.29. The summed E-state index contributed by atoms with van der Waals surface area (Å²) in [6, 6.07) is 5.60. The summed E-state index contributed by atoms with van der Waals surface area (Å²) in [5.74, 6) is 0.503. The van der Waals surface area contributed by atoms with Crippen LogP contribution in [0.25, 0.3) is 0 Å². The lowest BCUT2D eigenvalue weighted by atomic mass is 9.77. The van der Waals surface area contributed by atoms with Crippen molar-refractivity contribution in [3.05, 3.63) is 34.1 Å². The van der Waals surface area contributed by atoms with E-state index in [0.717, 1.165) is 38.0 Å². The van der Waals surface area contributed by atoms with Crippen LogP contribution >= 0.6 is 15.9 Å². The molecule has 0 aromatic heterocycles. The highest BCUT2D eigenvalue weighted by atomic mass is 79.9. The highest BCUT2D eigenvalue weighted by Crippen LogP contribution is 2.37. The first-order valence-corrected chi connectivity index (χ1v) is 8.23. The van der Waals surface area contributed by atoms with E-state index in [2.05, 4.69) is 28.2 Å². The minimum absolute atomic E-state index is 0.205. The Bertz CT molecular complexity index is 434. The lowest BCUT2D eigenvalue weighted by molar-refractivity contribution is -0.0291. The molecule has 0 spiro atoms. The van der Waals surface area contributed by atoms with Crippen molar-refractivity contribution in [2.45, 2.75) is 45.3 Å². The number of ether oxygens (including phenoxy) is 1. The predicted molar refractivity (Wildman–Crippen MR) is 83.3 cm³/mol. The van der Waals surface area contributed by atoms with Gasteiger partial charge in [-0.3, -0.25) is 0 Å². The number of halogens is 2. The molecule has 20 heavy (non-hydrogen) atoms. The molecule has 2 nitrogen and oxygen atoms in total. The van der Waals surface area contributed by atoms with Crippen LogP contribution in [0.15, 0.2) is 22.7 Å². The Labute approximate surface area is 129 Å². The van der Waals surface area contributed by atoms with E-state index >= 15 is 0 Å². The van der Waals surface area contributed by atoms with E-state index in [9.17, 15) is 4.39 Å². The van der Waals surface area contributed by atoms with Crippen LogP contribution < -0.4 is 5.32 Å². The molecule has 1 atom stereocenters. The van der Waals surface area contributed by atoms with Crippen molar-refractivity contribution in [1.82, 2.24) is 5.32 Å². The van der Waals surface area contributed by atoms with Crippen molar-refractivity contribution >= 4 is 15.9 Å². The van der Waals surface area contributed by atoms with Gasteiger partial charge in [0.1, 0.15) is 5.82 Å². The van der Waals surface area contributed by atoms with Gasteiger partial charge >= 0.3 is 0 Å². The van der Waals surface area contributed by atoms with Crippen molar-refractivity contribution in [3.63, 3.8) is 0 Å². The second kappa shape index (κ2) is 7.53. The molecule has 4 heteroatoms. The average molecular weight is 344 g/mol. The van der Waals surface area contributed by atoms with Gasteiger partial charge < -0.3 is 10.1 Å². The van der Waals surface area contributed by atoms with Crippen LogP contribution in [-0.2, 0) is 4.74 Å². The Morgan fingerprint density at radius 3 is 2.75 bits per heavy atom. The lowest BCUT2D eigenvalue weighted by Gasteiger charge is -2.37. The van der Waals surface area contributed by atoms with Gasteiger partial charge in [-0.05, 0) is 72.3 Å². The highest BCUT2D eigenvalue weighted by Gasteiger charge is 2.31. The van der Waals surface area contributed by atoms with E-state index in [4.69, 9.17) is 4.74 Å². The van der Waals surface area contributed by atoms with Crippen LogP contribution in [0.1, 0.15) is 44.7 Å². The number of hydrogen-bond donors (Lipinski definition) is 1. The quantitative estimate of drug-likeness (QED) is 0.789. The van der Waals surface area contributed by atoms with Gasteiger partial charge in [0.05, 0.1) is 10.6 Å². The zero-order chi connectivity index (χ0) is 14.5. The highest BCUT2D eigenvalue weighted by molar-refractivity contribution is 9.10. The number of benzene rings is 1. The Hall–Kier alpha value is -0.450. The Morgan fingerprint density at radius 2 is 2.15 bits per heavy atom. The fourth-order valence-corrected chi connectivity index (χ4v) is 3.28. The smallest absolute Gasteiger partial charge is 0.137 e. The van der Waals surface area contributed by atoms with Gasteiger partial charge in [0.15, 0.2) is 0 Å². The zero-order valence-electron chi connectivity index (χ0n) is 12.2. The number of hydrogen-bond acceptors (Lipinski definition) is 2. The van der Waals surface area contributed by atoms with E-state index in [-0.39, 0.29) is 5.82 Å². The Kier molecular flexibility index (Phi) is 6.00. The van der Waals surface area contributed by atoms with Crippen LogP contribution in [0.2, 0.25) is 0 Å². The molecule has 2 rings (SSSR count). The summed E-state index contributed by atoms with van der Waals surface area (Å²) >= 11 is 3.27. The number of rotatable bonds is 7. The topological polar surface area (TPSA) is 21.3 Å². The van der Waals surface area contributed by atoms with Crippen molar-refractivity contribution in [1.29, 1.82) is 0 Å². The van der Waals surface area contributed by atoms with Crippen LogP contribution in [0.5, 0.6) is 0 Å². The van der Waals surface area contributed by atoms with Crippen molar-refractivity contribution in [2.24, 2.45) is 5.92 Å². The maximum Gasteiger partial charge on any atom is 0.137 e. The summed E-state index contributed by atoms with van der Waals surface area (Å²) in [7, 11) is 0. The maximum absolute atomic E-state index is 13.3. The molecule has 1 aliphatic carbocycles. The normalized spacial score (nSPS) is 23.4. The molecule has 1 fully saturated rings. The van der Waals surface area contributed by atoms with Gasteiger partial charge in [-0.2, -0.15) is 0 Å². The first-order valence-electron chi connectivity index (χ1n) is 7.43. The van der Waals surface area contributed by atoms with Gasteiger partial charge in [-0.15, -0.1) is 0 Å². The third kappa shape index (κ3) is 4.03. The van der Waals surface area contributed by atoms with Gasteiger partial charge in [-0.1, -0.05) is 13.0 Å². The minimum atomic E-state index is -0.205. The third-order valence-corrected chi connectivity index (χ3v) is 4.57. The largest absolute Gasteiger partial charge is 0.378 e. The first kappa shape index (κ1) is 15.9. The third-order valence-electron chi connectivity index (χ3n) is 3.96. The van der Waals surface area contributed by atoms with E-state index in [0.29, 0.717) is 22.5 Å². The predicted octanol–water partition coefficient (Wildman–Crippen LogP) is 4.44. The molecule has 1 unspecified atom stereocenters. The van der Waals surface area contributed by atoms with Gasteiger partial charge in [0.25, 0.3) is 0 Å². The minimum Gasteiger partial charge on any atom is -0.378 e. The van der Waals surface area contributed by atoms with E-state index < -0.39 is 0 Å². The van der Waals surface area contributed by atoms with Crippen LogP contribution in [-0.4, -0.2) is 19.3 Å². The van der Waals surface area contributed by atoms with Crippen molar-refractivity contribution < 1.29 is 9.13 Å². The molecular weight excluding hydrogens is 321 g/mol. The molecule has 0 radical (unpaired) electrons. The molecule has 0 aliphatic heterocycles. The Morgan fingerprint density at radius 1 is 1.40 bits per heavy atom. The number of nitrogens with one attached hydrogen (secondary N) is 1. The molecule has 1 aromatic rings. The van der Waals surface area contributed by atoms with Gasteiger partial charge in [-0.25, -0.2) is 4.39 Å². The molecule has 0 heterocycles. The molecule has 0 amide bonds. The SMILES string of the molecule is CCNC(CC1CC(OCC)C1)c1ccc(F)c(Br)c1.